The van der Waals surface area contributed by atoms with Crippen LogP contribution in [0, 0.1) is 4.91 Å². The molecule has 1 aromatic carbocycles. The molecule has 0 aliphatic heterocycles. The maximum Gasteiger partial charge on any atom is 0.284 e. The van der Waals surface area contributed by atoms with Crippen LogP contribution in [0.1, 0.15) is 5.56 Å². The molecule has 1 heterocycles. The van der Waals surface area contributed by atoms with Gasteiger partial charge >= 0.3 is 0 Å². The second kappa shape index (κ2) is 5.01. The Morgan fingerprint density at radius 3 is 2.67 bits per heavy atom. The number of nitrogens with zero attached hydrogens (tertiary/aromatic N) is 2. The van der Waals surface area contributed by atoms with Gasteiger partial charge in [-0.2, -0.15) is 0 Å². The number of rotatable bonds is 3. The smallest absolute Gasteiger partial charge is 0.284 e. The summed E-state index contributed by atoms with van der Waals surface area (Å²) in [5.41, 5.74) is -0.404. The van der Waals surface area contributed by atoms with Crippen molar-refractivity contribution in [2.24, 2.45) is 5.18 Å². The zero-order valence-corrected chi connectivity index (χ0v) is 9.96. The maximum atomic E-state index is 11.8. The van der Waals surface area contributed by atoms with Crippen molar-refractivity contribution in [2.45, 2.75) is 6.54 Å². The van der Waals surface area contributed by atoms with Gasteiger partial charge in [0.05, 0.1) is 6.54 Å². The van der Waals surface area contributed by atoms with E-state index < -0.39 is 17.0 Å². The van der Waals surface area contributed by atoms with Gasteiger partial charge in [-0.3, -0.25) is 4.79 Å². The summed E-state index contributed by atoms with van der Waals surface area (Å²) in [4.78, 5) is 22.3. The van der Waals surface area contributed by atoms with E-state index in [-0.39, 0.29) is 6.54 Å². The first kappa shape index (κ1) is 12.3. The van der Waals surface area contributed by atoms with E-state index in [2.05, 4.69) is 5.18 Å². The van der Waals surface area contributed by atoms with E-state index in [1.807, 2.05) is 0 Å². The summed E-state index contributed by atoms with van der Waals surface area (Å²) in [6.45, 7) is 0.210. The third-order valence-electron chi connectivity index (χ3n) is 2.51. The Kier molecular flexibility index (Phi) is 3.43. The van der Waals surface area contributed by atoms with Crippen LogP contribution in [0.4, 0.5) is 5.69 Å². The summed E-state index contributed by atoms with van der Waals surface area (Å²) < 4.78 is 1.26. The number of hydrogen-bond acceptors (Lipinski definition) is 4. The normalized spacial score (nSPS) is 10.3. The Labute approximate surface area is 107 Å². The highest BCUT2D eigenvalue weighted by Crippen LogP contribution is 2.21. The number of aromatic hydroxyl groups is 1. The number of pyridine rings is 1. The molecule has 18 heavy (non-hydrogen) atoms. The second-order valence-corrected chi connectivity index (χ2v) is 4.07. The lowest BCUT2D eigenvalue weighted by Crippen LogP contribution is -2.19. The van der Waals surface area contributed by atoms with Crippen LogP contribution in [0.25, 0.3) is 0 Å². The fourth-order valence-electron chi connectivity index (χ4n) is 1.57. The minimum absolute atomic E-state index is 0.210. The summed E-state index contributed by atoms with van der Waals surface area (Å²) in [7, 11) is 0. The van der Waals surface area contributed by atoms with Crippen LogP contribution < -0.4 is 5.56 Å². The van der Waals surface area contributed by atoms with E-state index in [4.69, 9.17) is 11.6 Å². The number of hydrogen-bond donors (Lipinski definition) is 1. The Bertz CT molecular complexity index is 652. The molecule has 6 heteroatoms. The second-order valence-electron chi connectivity index (χ2n) is 3.67. The van der Waals surface area contributed by atoms with Gasteiger partial charge in [0.15, 0.2) is 5.75 Å². The molecule has 0 saturated carbocycles. The van der Waals surface area contributed by atoms with Gasteiger partial charge in [-0.1, -0.05) is 29.8 Å². The number of halogens is 1. The lowest BCUT2D eigenvalue weighted by molar-refractivity contribution is 0.473. The van der Waals surface area contributed by atoms with Crippen molar-refractivity contribution in [2.75, 3.05) is 0 Å². The summed E-state index contributed by atoms with van der Waals surface area (Å²) >= 11 is 5.98. The standard InChI is InChI=1S/C12H9ClN2O3/c13-9-4-2-1-3-8(9)7-15-6-5-10(16)11(14-18)12(15)17/h1-6,16H,7H2. The first-order valence-electron chi connectivity index (χ1n) is 5.12. The molecule has 1 aromatic heterocycles. The summed E-state index contributed by atoms with van der Waals surface area (Å²) in [6, 6.07) is 8.31. The van der Waals surface area contributed by atoms with E-state index in [0.29, 0.717) is 5.02 Å². The first-order valence-corrected chi connectivity index (χ1v) is 5.50. The third-order valence-corrected chi connectivity index (χ3v) is 2.88. The minimum atomic E-state index is -0.648. The summed E-state index contributed by atoms with van der Waals surface area (Å²) in [5.74, 6) is -0.426. The van der Waals surface area contributed by atoms with Crippen molar-refractivity contribution in [1.29, 1.82) is 0 Å². The molecule has 92 valence electrons. The topological polar surface area (TPSA) is 71.7 Å². The van der Waals surface area contributed by atoms with Gasteiger partial charge < -0.3 is 9.67 Å². The molecule has 5 nitrogen and oxygen atoms in total. The van der Waals surface area contributed by atoms with Gasteiger partial charge in [-0.15, -0.1) is 4.91 Å². The molecule has 0 radical (unpaired) electrons. The predicted octanol–water partition coefficient (Wildman–Crippen LogP) is 2.65. The number of aromatic nitrogens is 1. The third kappa shape index (κ3) is 2.26. The molecule has 1 N–H and O–H groups in total. The lowest BCUT2D eigenvalue weighted by atomic mass is 10.2. The lowest BCUT2D eigenvalue weighted by Gasteiger charge is -2.08. The highest BCUT2D eigenvalue weighted by atomic mass is 35.5. The SMILES string of the molecule is O=Nc1c(O)ccn(Cc2ccccc2Cl)c1=O. The van der Waals surface area contributed by atoms with Crippen LogP contribution in [0.5, 0.6) is 5.75 Å². The van der Waals surface area contributed by atoms with Crippen molar-refractivity contribution in [1.82, 2.24) is 4.57 Å². The van der Waals surface area contributed by atoms with Gasteiger partial charge in [0, 0.05) is 11.2 Å². The van der Waals surface area contributed by atoms with Gasteiger partial charge in [0.2, 0.25) is 5.69 Å². The molecule has 0 amide bonds. The van der Waals surface area contributed by atoms with E-state index in [1.54, 1.807) is 24.3 Å². The van der Waals surface area contributed by atoms with Gasteiger partial charge in [-0.05, 0) is 22.9 Å². The fourth-order valence-corrected chi connectivity index (χ4v) is 1.77. The highest BCUT2D eigenvalue weighted by molar-refractivity contribution is 6.31. The summed E-state index contributed by atoms with van der Waals surface area (Å²) in [6.07, 6.45) is 1.38. The zero-order chi connectivity index (χ0) is 13.1. The van der Waals surface area contributed by atoms with Crippen molar-refractivity contribution in [3.8, 4) is 5.75 Å². The maximum absolute atomic E-state index is 11.8. The number of benzene rings is 1. The van der Waals surface area contributed by atoms with Crippen molar-refractivity contribution in [3.63, 3.8) is 0 Å². The Morgan fingerprint density at radius 2 is 2.00 bits per heavy atom. The fraction of sp³-hybridized carbons (Fsp3) is 0.0833. The molecule has 2 aromatic rings. The van der Waals surface area contributed by atoms with Crippen LogP contribution in [0.2, 0.25) is 5.02 Å². The van der Waals surface area contributed by atoms with E-state index in [9.17, 15) is 14.8 Å². The molecular weight excluding hydrogens is 256 g/mol. The summed E-state index contributed by atoms with van der Waals surface area (Å²) in [5, 5.41) is 12.4. The van der Waals surface area contributed by atoms with Crippen LogP contribution >= 0.6 is 11.6 Å². The molecule has 0 atom stereocenters. The van der Waals surface area contributed by atoms with Crippen LogP contribution in [0.3, 0.4) is 0 Å². The Morgan fingerprint density at radius 1 is 1.28 bits per heavy atom. The molecule has 0 saturated heterocycles. The molecule has 0 fully saturated rings. The van der Waals surface area contributed by atoms with Crippen LogP contribution in [0.15, 0.2) is 46.5 Å². The Hall–Kier alpha value is -2.14. The van der Waals surface area contributed by atoms with Crippen LogP contribution in [-0.4, -0.2) is 9.67 Å². The molecular formula is C12H9ClN2O3. The largest absolute Gasteiger partial charge is 0.505 e. The van der Waals surface area contributed by atoms with Crippen molar-refractivity contribution < 1.29 is 5.11 Å². The van der Waals surface area contributed by atoms with E-state index in [1.165, 1.54) is 16.8 Å². The Balaban J connectivity index is 2.45. The van der Waals surface area contributed by atoms with Crippen molar-refractivity contribution >= 4 is 17.3 Å². The quantitative estimate of drug-likeness (QED) is 0.866. The first-order chi connectivity index (χ1) is 8.63. The molecule has 0 aliphatic carbocycles. The zero-order valence-electron chi connectivity index (χ0n) is 9.21. The molecule has 0 bridgehead atoms. The molecule has 0 aliphatic rings. The molecule has 0 unspecified atom stereocenters. The van der Waals surface area contributed by atoms with Gasteiger partial charge in [0.25, 0.3) is 5.56 Å². The van der Waals surface area contributed by atoms with E-state index in [0.717, 1.165) is 5.56 Å². The van der Waals surface area contributed by atoms with Gasteiger partial charge in [-0.25, -0.2) is 0 Å². The van der Waals surface area contributed by atoms with Crippen molar-refractivity contribution in [3.05, 3.63) is 62.4 Å². The molecule has 0 spiro atoms. The monoisotopic (exact) mass is 264 g/mol. The molecule has 2 rings (SSSR count). The van der Waals surface area contributed by atoms with E-state index >= 15 is 0 Å². The predicted molar refractivity (Wildman–Crippen MR) is 68.4 cm³/mol. The minimum Gasteiger partial charge on any atom is -0.505 e. The highest BCUT2D eigenvalue weighted by Gasteiger charge is 2.10. The van der Waals surface area contributed by atoms with Gasteiger partial charge in [0.1, 0.15) is 0 Å². The average molecular weight is 265 g/mol. The average Bonchev–Trinajstić information content (AvgIpc) is 2.36. The van der Waals surface area contributed by atoms with Crippen LogP contribution in [-0.2, 0) is 6.54 Å². The number of nitroso groups, excluding NO2 is 1.